The third kappa shape index (κ3) is 2.45. The number of nitrogens with one attached hydrogen (secondary N) is 1. The van der Waals surface area contributed by atoms with E-state index in [0.717, 1.165) is 5.52 Å². The van der Waals surface area contributed by atoms with Crippen LogP contribution >= 0.6 is 0 Å². The lowest BCUT2D eigenvalue weighted by Gasteiger charge is -2.37. The van der Waals surface area contributed by atoms with Crippen LogP contribution in [-0.2, 0) is 11.3 Å². The summed E-state index contributed by atoms with van der Waals surface area (Å²) in [5, 5.41) is 21.0. The van der Waals surface area contributed by atoms with E-state index in [1.54, 1.807) is 0 Å². The van der Waals surface area contributed by atoms with Crippen molar-refractivity contribution in [2.24, 2.45) is 0 Å². The average molecular weight is 276 g/mol. The predicted octanol–water partition coefficient (Wildman–Crippen LogP) is 0.720. The molecule has 0 amide bonds. The largest absolute Gasteiger partial charge is 0.389 e. The van der Waals surface area contributed by atoms with Crippen LogP contribution in [0.15, 0.2) is 30.5 Å². The molecule has 1 aliphatic rings. The second-order valence-corrected chi connectivity index (χ2v) is 5.43. The minimum Gasteiger partial charge on any atom is -0.389 e. The molecule has 108 valence electrons. The van der Waals surface area contributed by atoms with Crippen molar-refractivity contribution in [2.75, 3.05) is 20.3 Å². The highest BCUT2D eigenvalue weighted by Gasteiger charge is 2.33. The fraction of sp³-hybridized carbons (Fsp3) is 0.467. The van der Waals surface area contributed by atoms with Crippen LogP contribution in [0.1, 0.15) is 5.56 Å². The second-order valence-electron chi connectivity index (χ2n) is 5.43. The highest BCUT2D eigenvalue weighted by atomic mass is 16.5. The lowest BCUT2D eigenvalue weighted by Crippen LogP contribution is -2.54. The fourth-order valence-corrected chi connectivity index (χ4v) is 2.83. The molecule has 1 aliphatic heterocycles. The Kier molecular flexibility index (Phi) is 3.76. The van der Waals surface area contributed by atoms with Crippen LogP contribution in [0.25, 0.3) is 10.9 Å². The zero-order valence-corrected chi connectivity index (χ0v) is 11.5. The van der Waals surface area contributed by atoms with Crippen LogP contribution in [0.4, 0.5) is 0 Å². The zero-order chi connectivity index (χ0) is 14.1. The van der Waals surface area contributed by atoms with Gasteiger partial charge in [-0.15, -0.1) is 0 Å². The number of aliphatic hydroxyl groups is 2. The van der Waals surface area contributed by atoms with E-state index in [-0.39, 0.29) is 12.6 Å². The molecule has 0 aliphatic carbocycles. The standard InChI is InChI=1S/C15H20N2O3/c1-17(13-8-20-9-14(18)15(13)19)7-10-3-2-4-12-11(10)5-6-16-12/h2-6,13-16,18-19H,7-9H2,1H3/t13-,14-,15+/m1/s1. The highest BCUT2D eigenvalue weighted by molar-refractivity contribution is 5.82. The number of aromatic nitrogens is 1. The van der Waals surface area contributed by atoms with Crippen LogP contribution in [0, 0.1) is 0 Å². The molecule has 3 N–H and O–H groups in total. The molecule has 2 heterocycles. The first-order valence-electron chi connectivity index (χ1n) is 6.86. The smallest absolute Gasteiger partial charge is 0.105 e. The van der Waals surface area contributed by atoms with Crippen molar-refractivity contribution in [3.8, 4) is 0 Å². The van der Waals surface area contributed by atoms with Crippen molar-refractivity contribution in [1.29, 1.82) is 0 Å². The molecule has 20 heavy (non-hydrogen) atoms. The van der Waals surface area contributed by atoms with E-state index in [9.17, 15) is 10.2 Å². The van der Waals surface area contributed by atoms with E-state index < -0.39 is 12.2 Å². The number of aliphatic hydroxyl groups excluding tert-OH is 2. The molecule has 1 aromatic heterocycles. The van der Waals surface area contributed by atoms with Gasteiger partial charge in [-0.25, -0.2) is 0 Å². The molecular formula is C15H20N2O3. The van der Waals surface area contributed by atoms with Gasteiger partial charge in [0.25, 0.3) is 0 Å². The third-order valence-corrected chi connectivity index (χ3v) is 4.04. The summed E-state index contributed by atoms with van der Waals surface area (Å²) >= 11 is 0. The van der Waals surface area contributed by atoms with E-state index in [2.05, 4.69) is 17.1 Å². The Hall–Kier alpha value is -1.40. The van der Waals surface area contributed by atoms with E-state index in [4.69, 9.17) is 4.74 Å². The van der Waals surface area contributed by atoms with Crippen molar-refractivity contribution >= 4 is 10.9 Å². The summed E-state index contributed by atoms with van der Waals surface area (Å²) in [6.45, 7) is 1.35. The predicted molar refractivity (Wildman–Crippen MR) is 76.4 cm³/mol. The number of fused-ring (bicyclic) bond motifs is 1. The number of ether oxygens (including phenoxy) is 1. The summed E-state index contributed by atoms with van der Waals surface area (Å²) in [6, 6.07) is 8.01. The molecule has 5 nitrogen and oxygen atoms in total. The molecule has 1 fully saturated rings. The normalized spacial score (nSPS) is 27.3. The lowest BCUT2D eigenvalue weighted by atomic mass is 10.0. The van der Waals surface area contributed by atoms with Crippen LogP contribution in [0.3, 0.4) is 0 Å². The third-order valence-electron chi connectivity index (χ3n) is 4.04. The summed E-state index contributed by atoms with van der Waals surface area (Å²) in [5.41, 5.74) is 2.30. The molecule has 0 unspecified atom stereocenters. The van der Waals surface area contributed by atoms with Gasteiger partial charge >= 0.3 is 0 Å². The quantitative estimate of drug-likeness (QED) is 0.773. The summed E-state index contributed by atoms with van der Waals surface area (Å²) in [5.74, 6) is 0. The van der Waals surface area contributed by atoms with E-state index in [0.29, 0.717) is 13.2 Å². The minimum absolute atomic E-state index is 0.187. The molecule has 1 saturated heterocycles. The Morgan fingerprint density at radius 1 is 1.30 bits per heavy atom. The minimum atomic E-state index is -0.806. The topological polar surface area (TPSA) is 68.7 Å². The van der Waals surface area contributed by atoms with Gasteiger partial charge in [0.15, 0.2) is 0 Å². The molecule has 1 aromatic carbocycles. The monoisotopic (exact) mass is 276 g/mol. The maximum Gasteiger partial charge on any atom is 0.105 e. The molecule has 0 radical (unpaired) electrons. The van der Waals surface area contributed by atoms with Crippen molar-refractivity contribution in [1.82, 2.24) is 9.88 Å². The van der Waals surface area contributed by atoms with Crippen LogP contribution in [0.2, 0.25) is 0 Å². The first kappa shape index (κ1) is 13.6. The number of aromatic amines is 1. The van der Waals surface area contributed by atoms with Gasteiger partial charge < -0.3 is 19.9 Å². The number of H-pyrrole nitrogens is 1. The van der Waals surface area contributed by atoms with Crippen molar-refractivity contribution in [2.45, 2.75) is 24.8 Å². The maximum atomic E-state index is 10.1. The van der Waals surface area contributed by atoms with Gasteiger partial charge in [-0.2, -0.15) is 0 Å². The van der Waals surface area contributed by atoms with Crippen LogP contribution < -0.4 is 0 Å². The van der Waals surface area contributed by atoms with Crippen LogP contribution in [-0.4, -0.2) is 58.6 Å². The molecular weight excluding hydrogens is 256 g/mol. The number of hydrogen-bond acceptors (Lipinski definition) is 4. The van der Waals surface area contributed by atoms with E-state index in [1.165, 1.54) is 10.9 Å². The first-order chi connectivity index (χ1) is 9.66. The number of rotatable bonds is 3. The van der Waals surface area contributed by atoms with E-state index >= 15 is 0 Å². The van der Waals surface area contributed by atoms with Crippen molar-refractivity contribution in [3.63, 3.8) is 0 Å². The number of hydrogen-bond donors (Lipinski definition) is 3. The molecule has 2 aromatic rings. The Bertz CT molecular complexity index is 583. The molecule has 0 spiro atoms. The lowest BCUT2D eigenvalue weighted by molar-refractivity contribution is -0.129. The van der Waals surface area contributed by atoms with Crippen molar-refractivity contribution < 1.29 is 14.9 Å². The number of benzene rings is 1. The van der Waals surface area contributed by atoms with Gasteiger partial charge in [0.2, 0.25) is 0 Å². The Morgan fingerprint density at radius 2 is 2.15 bits per heavy atom. The van der Waals surface area contributed by atoms with Crippen molar-refractivity contribution in [3.05, 3.63) is 36.0 Å². The summed E-state index contributed by atoms with van der Waals surface area (Å²) in [4.78, 5) is 5.23. The zero-order valence-electron chi connectivity index (χ0n) is 11.5. The number of likely N-dealkylation sites (N-methyl/N-ethyl adjacent to an activating group) is 1. The van der Waals surface area contributed by atoms with Gasteiger partial charge in [0, 0.05) is 23.6 Å². The molecule has 3 atom stereocenters. The molecule has 0 saturated carbocycles. The fourth-order valence-electron chi connectivity index (χ4n) is 2.83. The Labute approximate surface area is 117 Å². The first-order valence-corrected chi connectivity index (χ1v) is 6.86. The van der Waals surface area contributed by atoms with Gasteiger partial charge in [-0.1, -0.05) is 12.1 Å². The summed E-state index contributed by atoms with van der Waals surface area (Å²) in [6.07, 6.45) is 0.356. The van der Waals surface area contributed by atoms with E-state index in [1.807, 2.05) is 30.3 Å². The Morgan fingerprint density at radius 3 is 3.00 bits per heavy atom. The van der Waals surface area contributed by atoms with Gasteiger partial charge in [0.1, 0.15) is 6.10 Å². The number of nitrogens with zero attached hydrogens (tertiary/aromatic N) is 1. The Balaban J connectivity index is 1.78. The SMILES string of the molecule is CN(Cc1cccc2[nH]ccc12)[C@@H]1COC[C@@H](O)[C@H]1O. The molecule has 5 heteroatoms. The van der Waals surface area contributed by atoms with Gasteiger partial charge in [0.05, 0.1) is 25.4 Å². The highest BCUT2D eigenvalue weighted by Crippen LogP contribution is 2.21. The van der Waals surface area contributed by atoms with Gasteiger partial charge in [-0.05, 0) is 24.7 Å². The summed E-state index contributed by atoms with van der Waals surface area (Å²) < 4.78 is 5.34. The summed E-state index contributed by atoms with van der Waals surface area (Å²) in [7, 11) is 1.95. The van der Waals surface area contributed by atoms with Crippen LogP contribution in [0.5, 0.6) is 0 Å². The maximum absolute atomic E-state index is 10.1. The average Bonchev–Trinajstić information content (AvgIpc) is 2.91. The molecule has 0 bridgehead atoms. The van der Waals surface area contributed by atoms with Gasteiger partial charge in [-0.3, -0.25) is 4.90 Å². The second kappa shape index (κ2) is 5.54. The molecule has 3 rings (SSSR count).